The van der Waals surface area contributed by atoms with Gasteiger partial charge in [0.25, 0.3) is 0 Å². The topological polar surface area (TPSA) is 6.48 Å². The monoisotopic (exact) mass is 420 g/mol. The Labute approximate surface area is 172 Å². The second-order valence-electron chi connectivity index (χ2n) is 7.36. The smallest absolute Gasteiger partial charge is 0.378 e. The van der Waals surface area contributed by atoms with Gasteiger partial charge in [-0.1, -0.05) is 24.3 Å². The fourth-order valence-corrected chi connectivity index (χ4v) is 3.21. The first-order valence-corrected chi connectivity index (χ1v) is 9.15. The number of anilines is 2. The van der Waals surface area contributed by atoms with Gasteiger partial charge < -0.3 is 9.80 Å². The molecule has 0 bridgehead atoms. The van der Waals surface area contributed by atoms with Crippen molar-refractivity contribution in [2.75, 3.05) is 38.0 Å². The lowest BCUT2D eigenvalue weighted by atomic mass is 9.91. The Bertz CT molecular complexity index is 1040. The SMILES string of the molecule is CN(C)c1ccc(-c2cc(C(F)(F)F)c(F)c(F)c2-c2ccc(N(C)C)cc2)cc1. The molecule has 3 rings (SSSR count). The lowest BCUT2D eigenvalue weighted by molar-refractivity contribution is -0.140. The minimum absolute atomic E-state index is 0.0239. The summed E-state index contributed by atoms with van der Waals surface area (Å²) >= 11 is 0. The van der Waals surface area contributed by atoms with Crippen LogP contribution in [0.15, 0.2) is 54.6 Å². The maximum atomic E-state index is 15.0. The van der Waals surface area contributed by atoms with Gasteiger partial charge >= 0.3 is 6.18 Å². The molecule has 3 aromatic carbocycles. The van der Waals surface area contributed by atoms with Crippen LogP contribution in [0.1, 0.15) is 5.56 Å². The summed E-state index contributed by atoms with van der Waals surface area (Å²) in [7, 11) is 7.30. The summed E-state index contributed by atoms with van der Waals surface area (Å²) < 4.78 is 69.5. The summed E-state index contributed by atoms with van der Waals surface area (Å²) in [6, 6.07) is 13.8. The lowest BCUT2D eigenvalue weighted by Crippen LogP contribution is -2.12. The molecule has 30 heavy (non-hydrogen) atoms. The highest BCUT2D eigenvalue weighted by Crippen LogP contribution is 2.42. The van der Waals surface area contributed by atoms with E-state index in [0.717, 1.165) is 11.4 Å². The first-order valence-electron chi connectivity index (χ1n) is 9.15. The summed E-state index contributed by atoms with van der Waals surface area (Å²) in [5, 5.41) is 0. The normalized spacial score (nSPS) is 11.5. The maximum absolute atomic E-state index is 15.0. The van der Waals surface area contributed by atoms with Gasteiger partial charge in [0.15, 0.2) is 11.6 Å². The fraction of sp³-hybridized carbons (Fsp3) is 0.217. The molecule has 0 aliphatic heterocycles. The van der Waals surface area contributed by atoms with E-state index < -0.39 is 23.4 Å². The predicted molar refractivity (Wildman–Crippen MR) is 111 cm³/mol. The summed E-state index contributed by atoms with van der Waals surface area (Å²) in [4.78, 5) is 3.66. The Morgan fingerprint density at radius 3 is 1.47 bits per heavy atom. The van der Waals surface area contributed by atoms with Crippen LogP contribution in [0.3, 0.4) is 0 Å². The van der Waals surface area contributed by atoms with Gasteiger partial charge in [0, 0.05) is 45.1 Å². The van der Waals surface area contributed by atoms with Gasteiger partial charge in [0.1, 0.15) is 0 Å². The van der Waals surface area contributed by atoms with Crippen molar-refractivity contribution in [3.8, 4) is 22.3 Å². The van der Waals surface area contributed by atoms with Crippen LogP contribution in [-0.2, 0) is 6.18 Å². The van der Waals surface area contributed by atoms with Gasteiger partial charge in [-0.2, -0.15) is 13.2 Å². The molecule has 0 atom stereocenters. The number of hydrogen-bond acceptors (Lipinski definition) is 2. The van der Waals surface area contributed by atoms with Crippen LogP contribution < -0.4 is 9.80 Å². The summed E-state index contributed by atoms with van der Waals surface area (Å²) in [5.41, 5.74) is 0.444. The van der Waals surface area contributed by atoms with E-state index in [1.54, 1.807) is 48.5 Å². The van der Waals surface area contributed by atoms with E-state index in [-0.39, 0.29) is 16.7 Å². The molecule has 0 aromatic heterocycles. The minimum Gasteiger partial charge on any atom is -0.378 e. The number of rotatable bonds is 4. The Morgan fingerprint density at radius 2 is 1.07 bits per heavy atom. The van der Waals surface area contributed by atoms with E-state index >= 15 is 0 Å². The Hall–Kier alpha value is -3.09. The molecule has 0 heterocycles. The number of hydrogen-bond donors (Lipinski definition) is 0. The van der Waals surface area contributed by atoms with Crippen LogP contribution in [0.5, 0.6) is 0 Å². The van der Waals surface area contributed by atoms with Crippen LogP contribution in [0.2, 0.25) is 0 Å². The Morgan fingerprint density at radius 1 is 0.633 bits per heavy atom. The molecule has 0 aliphatic rings. The third kappa shape index (κ3) is 4.10. The molecule has 0 radical (unpaired) electrons. The largest absolute Gasteiger partial charge is 0.419 e. The quantitative estimate of drug-likeness (QED) is 0.448. The lowest BCUT2D eigenvalue weighted by Gasteiger charge is -2.19. The van der Waals surface area contributed by atoms with E-state index in [2.05, 4.69) is 0 Å². The molecule has 158 valence electrons. The van der Waals surface area contributed by atoms with Gasteiger partial charge in [-0.15, -0.1) is 0 Å². The zero-order valence-corrected chi connectivity index (χ0v) is 17.0. The van der Waals surface area contributed by atoms with Crippen molar-refractivity contribution in [3.63, 3.8) is 0 Å². The molecule has 0 aliphatic carbocycles. The molecule has 0 amide bonds. The van der Waals surface area contributed by atoms with Gasteiger partial charge in [-0.05, 0) is 47.0 Å². The molecule has 0 fully saturated rings. The molecule has 3 aromatic rings. The Kier molecular flexibility index (Phi) is 5.74. The van der Waals surface area contributed by atoms with Crippen molar-refractivity contribution in [1.29, 1.82) is 0 Å². The minimum atomic E-state index is -5.02. The van der Waals surface area contributed by atoms with Crippen molar-refractivity contribution < 1.29 is 22.0 Å². The van der Waals surface area contributed by atoms with Crippen molar-refractivity contribution in [3.05, 3.63) is 71.8 Å². The molecule has 0 saturated heterocycles. The molecule has 0 saturated carbocycles. The van der Waals surface area contributed by atoms with Gasteiger partial charge in [-0.3, -0.25) is 0 Å². The highest BCUT2D eigenvalue weighted by molar-refractivity contribution is 5.85. The fourth-order valence-electron chi connectivity index (χ4n) is 3.21. The second-order valence-corrected chi connectivity index (χ2v) is 7.36. The molecule has 0 unspecified atom stereocenters. The number of halogens is 5. The summed E-state index contributed by atoms with van der Waals surface area (Å²) in [5.74, 6) is -3.42. The van der Waals surface area contributed by atoms with Crippen LogP contribution in [0, 0.1) is 11.6 Å². The summed E-state index contributed by atoms with van der Waals surface area (Å²) in [6.45, 7) is 0. The Balaban J connectivity index is 2.28. The van der Waals surface area contributed by atoms with Crippen LogP contribution in [0.4, 0.5) is 33.3 Å². The molecule has 7 heteroatoms. The molecular formula is C23H21F5N2. The first-order chi connectivity index (χ1) is 14.0. The highest BCUT2D eigenvalue weighted by atomic mass is 19.4. The number of benzene rings is 3. The highest BCUT2D eigenvalue weighted by Gasteiger charge is 2.37. The van der Waals surface area contributed by atoms with E-state index in [0.29, 0.717) is 11.6 Å². The average Bonchev–Trinajstić information content (AvgIpc) is 2.69. The van der Waals surface area contributed by atoms with E-state index in [4.69, 9.17) is 0 Å². The molecule has 0 spiro atoms. The standard InChI is InChI=1S/C23H21F5N2/c1-29(2)16-9-5-14(6-10-16)18-13-19(23(26,27)28)21(24)22(25)20(18)15-7-11-17(12-8-15)30(3)4/h5-13H,1-4H3. The van der Waals surface area contributed by atoms with E-state index in [9.17, 15) is 22.0 Å². The molecular weight excluding hydrogens is 399 g/mol. The average molecular weight is 420 g/mol. The van der Waals surface area contributed by atoms with Crippen LogP contribution in [-0.4, -0.2) is 28.2 Å². The first kappa shape index (κ1) is 21.6. The second kappa shape index (κ2) is 7.97. The molecule has 2 nitrogen and oxygen atoms in total. The van der Waals surface area contributed by atoms with E-state index in [1.807, 2.05) is 38.0 Å². The maximum Gasteiger partial charge on any atom is 0.419 e. The van der Waals surface area contributed by atoms with Crippen molar-refractivity contribution in [1.82, 2.24) is 0 Å². The van der Waals surface area contributed by atoms with Crippen LogP contribution in [0.25, 0.3) is 22.3 Å². The molecule has 0 N–H and O–H groups in total. The number of alkyl halides is 3. The van der Waals surface area contributed by atoms with Crippen molar-refractivity contribution >= 4 is 11.4 Å². The third-order valence-electron chi connectivity index (χ3n) is 4.88. The van der Waals surface area contributed by atoms with Gasteiger partial charge in [0.05, 0.1) is 5.56 Å². The third-order valence-corrected chi connectivity index (χ3v) is 4.88. The number of nitrogens with zero attached hydrogens (tertiary/aromatic N) is 2. The zero-order valence-electron chi connectivity index (χ0n) is 17.0. The predicted octanol–water partition coefficient (Wildman–Crippen LogP) is 6.45. The van der Waals surface area contributed by atoms with Gasteiger partial charge in [0.2, 0.25) is 0 Å². The van der Waals surface area contributed by atoms with Gasteiger partial charge in [-0.25, -0.2) is 8.78 Å². The zero-order chi connectivity index (χ0) is 22.2. The van der Waals surface area contributed by atoms with Crippen molar-refractivity contribution in [2.45, 2.75) is 6.18 Å². The van der Waals surface area contributed by atoms with Crippen LogP contribution >= 0.6 is 0 Å². The van der Waals surface area contributed by atoms with Crippen molar-refractivity contribution in [2.24, 2.45) is 0 Å². The summed E-state index contributed by atoms with van der Waals surface area (Å²) in [6.07, 6.45) is -5.02. The van der Waals surface area contributed by atoms with E-state index in [1.165, 1.54) is 0 Å².